The van der Waals surface area contributed by atoms with E-state index in [0.29, 0.717) is 18.2 Å². The van der Waals surface area contributed by atoms with Crippen molar-refractivity contribution in [1.82, 2.24) is 10.8 Å². The summed E-state index contributed by atoms with van der Waals surface area (Å²) in [5, 5.41) is 3.46. The fourth-order valence-corrected chi connectivity index (χ4v) is 2.39. The zero-order chi connectivity index (χ0) is 9.80. The molecule has 3 nitrogen and oxygen atoms in total. The lowest BCUT2D eigenvalue weighted by Gasteiger charge is -2.31. The Hall–Kier alpha value is -0.120. The van der Waals surface area contributed by atoms with E-state index in [2.05, 4.69) is 17.7 Å². The van der Waals surface area contributed by atoms with Gasteiger partial charge in [-0.05, 0) is 39.2 Å². The first kappa shape index (κ1) is 10.4. The number of hydroxylamine groups is 1. The van der Waals surface area contributed by atoms with Gasteiger partial charge in [-0.2, -0.15) is 5.48 Å². The summed E-state index contributed by atoms with van der Waals surface area (Å²) in [5.74, 6) is 0. The van der Waals surface area contributed by atoms with Crippen LogP contribution >= 0.6 is 0 Å². The lowest BCUT2D eigenvalue weighted by atomic mass is 10.0. The summed E-state index contributed by atoms with van der Waals surface area (Å²) in [7, 11) is 0. The monoisotopic (exact) mass is 198 g/mol. The third-order valence-electron chi connectivity index (χ3n) is 3.45. The highest BCUT2D eigenvalue weighted by Crippen LogP contribution is 2.20. The Labute approximate surface area is 86.5 Å². The van der Waals surface area contributed by atoms with Gasteiger partial charge in [-0.1, -0.05) is 12.8 Å². The number of rotatable bonds is 3. The zero-order valence-electron chi connectivity index (χ0n) is 9.09. The van der Waals surface area contributed by atoms with Gasteiger partial charge in [0.05, 0.1) is 6.10 Å². The third-order valence-corrected chi connectivity index (χ3v) is 3.45. The zero-order valence-corrected chi connectivity index (χ0v) is 9.09. The Kier molecular flexibility index (Phi) is 3.79. The predicted octanol–water partition coefficient (Wildman–Crippen LogP) is 1.59. The second kappa shape index (κ2) is 5.10. The summed E-state index contributed by atoms with van der Waals surface area (Å²) in [6.45, 7) is 3.39. The van der Waals surface area contributed by atoms with Gasteiger partial charge in [0.1, 0.15) is 0 Å². The molecule has 0 spiro atoms. The van der Waals surface area contributed by atoms with E-state index in [9.17, 15) is 0 Å². The Morgan fingerprint density at radius 2 is 1.93 bits per heavy atom. The Bertz CT molecular complexity index is 169. The minimum Gasteiger partial charge on any atom is -0.313 e. The predicted molar refractivity (Wildman–Crippen MR) is 57.0 cm³/mol. The van der Waals surface area contributed by atoms with Gasteiger partial charge in [0, 0.05) is 12.1 Å². The number of hydrogen-bond donors (Lipinski definition) is 2. The molecule has 0 bridgehead atoms. The van der Waals surface area contributed by atoms with Crippen LogP contribution in [0, 0.1) is 0 Å². The number of piperidine rings is 1. The highest BCUT2D eigenvalue weighted by Gasteiger charge is 2.23. The van der Waals surface area contributed by atoms with Gasteiger partial charge in [-0.25, -0.2) is 0 Å². The van der Waals surface area contributed by atoms with E-state index < -0.39 is 0 Å². The quantitative estimate of drug-likeness (QED) is 0.676. The minimum absolute atomic E-state index is 0.476. The Morgan fingerprint density at radius 3 is 2.64 bits per heavy atom. The first-order valence-electron chi connectivity index (χ1n) is 6.01. The Balaban J connectivity index is 1.67. The summed E-state index contributed by atoms with van der Waals surface area (Å²) in [6, 6.07) is 1.05. The SMILES string of the molecule is CC1NCCCC1NOC1CCCC1. The van der Waals surface area contributed by atoms with Crippen LogP contribution in [0.25, 0.3) is 0 Å². The van der Waals surface area contributed by atoms with Crippen LogP contribution in [0.1, 0.15) is 45.4 Å². The van der Waals surface area contributed by atoms with E-state index in [0.717, 1.165) is 6.54 Å². The first-order chi connectivity index (χ1) is 6.86. The molecule has 0 radical (unpaired) electrons. The lowest BCUT2D eigenvalue weighted by Crippen LogP contribution is -2.50. The molecule has 2 atom stereocenters. The molecule has 0 amide bonds. The average molecular weight is 198 g/mol. The van der Waals surface area contributed by atoms with Crippen molar-refractivity contribution in [3.8, 4) is 0 Å². The van der Waals surface area contributed by atoms with Crippen LogP contribution in [0.2, 0.25) is 0 Å². The molecule has 14 heavy (non-hydrogen) atoms. The van der Waals surface area contributed by atoms with Gasteiger partial charge >= 0.3 is 0 Å². The van der Waals surface area contributed by atoms with E-state index in [-0.39, 0.29) is 0 Å². The maximum atomic E-state index is 5.72. The third kappa shape index (κ3) is 2.69. The number of hydrogen-bond acceptors (Lipinski definition) is 3. The summed E-state index contributed by atoms with van der Waals surface area (Å²) in [6.07, 6.45) is 8.12. The van der Waals surface area contributed by atoms with Crippen molar-refractivity contribution in [2.45, 2.75) is 63.6 Å². The summed E-state index contributed by atoms with van der Waals surface area (Å²) in [4.78, 5) is 5.72. The second-order valence-electron chi connectivity index (χ2n) is 4.63. The molecule has 2 N–H and O–H groups in total. The van der Waals surface area contributed by atoms with Crippen molar-refractivity contribution in [3.05, 3.63) is 0 Å². The van der Waals surface area contributed by atoms with Gasteiger partial charge in [0.2, 0.25) is 0 Å². The molecule has 2 unspecified atom stereocenters. The van der Waals surface area contributed by atoms with Gasteiger partial charge in [-0.3, -0.25) is 4.84 Å². The molecule has 1 heterocycles. The van der Waals surface area contributed by atoms with Gasteiger partial charge in [0.15, 0.2) is 0 Å². The average Bonchev–Trinajstić information content (AvgIpc) is 2.69. The summed E-state index contributed by atoms with van der Waals surface area (Å²) < 4.78 is 0. The molecule has 2 fully saturated rings. The summed E-state index contributed by atoms with van der Waals surface area (Å²) >= 11 is 0. The molecular formula is C11H22N2O. The molecule has 0 aromatic carbocycles. The fourth-order valence-electron chi connectivity index (χ4n) is 2.39. The van der Waals surface area contributed by atoms with Gasteiger partial charge in [0.25, 0.3) is 0 Å². The van der Waals surface area contributed by atoms with Crippen molar-refractivity contribution in [2.75, 3.05) is 6.54 Å². The van der Waals surface area contributed by atoms with Gasteiger partial charge in [-0.15, -0.1) is 0 Å². The smallest absolute Gasteiger partial charge is 0.0790 e. The van der Waals surface area contributed by atoms with E-state index >= 15 is 0 Å². The maximum Gasteiger partial charge on any atom is 0.0790 e. The van der Waals surface area contributed by atoms with Crippen molar-refractivity contribution in [2.24, 2.45) is 0 Å². The topological polar surface area (TPSA) is 33.3 Å². The minimum atomic E-state index is 0.476. The molecular weight excluding hydrogens is 176 g/mol. The fraction of sp³-hybridized carbons (Fsp3) is 1.00. The van der Waals surface area contributed by atoms with Crippen LogP contribution in [-0.4, -0.2) is 24.7 Å². The molecule has 2 rings (SSSR count). The number of nitrogens with one attached hydrogen (secondary N) is 2. The molecule has 0 aromatic rings. The molecule has 1 saturated carbocycles. The second-order valence-corrected chi connectivity index (χ2v) is 4.63. The first-order valence-corrected chi connectivity index (χ1v) is 6.01. The van der Waals surface area contributed by atoms with E-state index in [4.69, 9.17) is 4.84 Å². The summed E-state index contributed by atoms with van der Waals surface area (Å²) in [5.41, 5.74) is 3.25. The molecule has 3 heteroatoms. The highest BCUT2D eigenvalue weighted by atomic mass is 16.7. The molecule has 0 aromatic heterocycles. The van der Waals surface area contributed by atoms with Crippen molar-refractivity contribution in [3.63, 3.8) is 0 Å². The van der Waals surface area contributed by atoms with E-state index in [1.54, 1.807) is 0 Å². The van der Waals surface area contributed by atoms with E-state index in [1.165, 1.54) is 38.5 Å². The standard InChI is InChI=1S/C11H22N2O/c1-9-11(7-4-8-12-9)13-14-10-5-2-3-6-10/h9-13H,2-8H2,1H3. The van der Waals surface area contributed by atoms with Crippen molar-refractivity contribution >= 4 is 0 Å². The van der Waals surface area contributed by atoms with E-state index in [1.807, 2.05) is 0 Å². The normalized spacial score (nSPS) is 34.9. The lowest BCUT2D eigenvalue weighted by molar-refractivity contribution is -0.0501. The molecule has 1 aliphatic carbocycles. The van der Waals surface area contributed by atoms with Crippen LogP contribution in [0.15, 0.2) is 0 Å². The van der Waals surface area contributed by atoms with Crippen LogP contribution in [-0.2, 0) is 4.84 Å². The maximum absolute atomic E-state index is 5.72. The molecule has 1 saturated heterocycles. The van der Waals surface area contributed by atoms with Crippen LogP contribution < -0.4 is 10.8 Å². The van der Waals surface area contributed by atoms with Crippen molar-refractivity contribution < 1.29 is 4.84 Å². The van der Waals surface area contributed by atoms with Crippen molar-refractivity contribution in [1.29, 1.82) is 0 Å². The largest absolute Gasteiger partial charge is 0.313 e. The van der Waals surface area contributed by atoms with Gasteiger partial charge < -0.3 is 5.32 Å². The molecule has 1 aliphatic heterocycles. The van der Waals surface area contributed by atoms with Crippen LogP contribution in [0.4, 0.5) is 0 Å². The van der Waals surface area contributed by atoms with Crippen LogP contribution in [0.3, 0.4) is 0 Å². The highest BCUT2D eigenvalue weighted by molar-refractivity contribution is 4.81. The molecule has 2 aliphatic rings. The van der Waals surface area contributed by atoms with Crippen LogP contribution in [0.5, 0.6) is 0 Å². The molecule has 82 valence electrons. The Morgan fingerprint density at radius 1 is 1.14 bits per heavy atom.